The number of ether oxygens (including phenoxy) is 2. The van der Waals surface area contributed by atoms with Gasteiger partial charge >= 0.3 is 0 Å². The van der Waals surface area contributed by atoms with Crippen molar-refractivity contribution in [3.05, 3.63) is 0 Å². The minimum Gasteiger partial charge on any atom is -0.347 e. The first kappa shape index (κ1) is 16.7. The van der Waals surface area contributed by atoms with Crippen LogP contribution in [0.25, 0.3) is 0 Å². The number of ketones is 1. The molecule has 0 aromatic heterocycles. The first-order valence-corrected chi connectivity index (χ1v) is 10.7. The van der Waals surface area contributed by atoms with E-state index in [0.29, 0.717) is 43.2 Å². The number of carbonyl (C=O) groups excluding carboxylic acids is 1. The van der Waals surface area contributed by atoms with Gasteiger partial charge in [0.25, 0.3) is 0 Å². The Labute approximate surface area is 152 Å². The van der Waals surface area contributed by atoms with Crippen LogP contribution in [0.2, 0.25) is 0 Å². The number of carbonyl (C=O) groups is 1. The quantitative estimate of drug-likeness (QED) is 0.644. The summed E-state index contributed by atoms with van der Waals surface area (Å²) in [5, 5.41) is 0. The highest BCUT2D eigenvalue weighted by atomic mass is 16.7. The maximum atomic E-state index is 13.5. The Hall–Kier alpha value is -0.410. The van der Waals surface area contributed by atoms with Gasteiger partial charge in [0.1, 0.15) is 5.78 Å². The minimum atomic E-state index is -0.461. The molecule has 0 aromatic carbocycles. The van der Waals surface area contributed by atoms with E-state index in [4.69, 9.17) is 9.47 Å². The molecule has 7 atom stereocenters. The van der Waals surface area contributed by atoms with Crippen LogP contribution in [0.4, 0.5) is 0 Å². The Balaban J connectivity index is 1.51. The summed E-state index contributed by atoms with van der Waals surface area (Å²) >= 11 is 0. The molecule has 3 nitrogen and oxygen atoms in total. The molecule has 5 rings (SSSR count). The van der Waals surface area contributed by atoms with Gasteiger partial charge in [-0.3, -0.25) is 4.79 Å². The van der Waals surface area contributed by atoms with E-state index in [-0.39, 0.29) is 10.8 Å². The number of Topliss-reactive ketones (excluding diaryl/α,β-unsaturated/α-hetero) is 1. The molecule has 0 radical (unpaired) electrons. The van der Waals surface area contributed by atoms with Gasteiger partial charge in [0, 0.05) is 24.2 Å². The number of hydrogen-bond donors (Lipinski definition) is 0. The van der Waals surface area contributed by atoms with E-state index in [2.05, 4.69) is 20.8 Å². The van der Waals surface area contributed by atoms with E-state index in [9.17, 15) is 4.79 Å². The van der Waals surface area contributed by atoms with Gasteiger partial charge in [-0.05, 0) is 61.2 Å². The van der Waals surface area contributed by atoms with Crippen LogP contribution in [0.5, 0.6) is 0 Å². The number of rotatable bonds is 0. The minimum absolute atomic E-state index is 0.104. The highest BCUT2D eigenvalue weighted by Crippen LogP contribution is 2.68. The second-order valence-electron chi connectivity index (χ2n) is 10.5. The molecule has 1 heterocycles. The second kappa shape index (κ2) is 5.32. The Kier molecular flexibility index (Phi) is 3.56. The number of hydrogen-bond acceptors (Lipinski definition) is 3. The van der Waals surface area contributed by atoms with Crippen molar-refractivity contribution in [1.29, 1.82) is 0 Å². The average Bonchev–Trinajstić information content (AvgIpc) is 3.15. The van der Waals surface area contributed by atoms with Crippen molar-refractivity contribution in [2.45, 2.75) is 77.9 Å². The third kappa shape index (κ3) is 2.03. The predicted octanol–water partition coefficient (Wildman–Crippen LogP) is 4.59. The fraction of sp³-hybridized carbons (Fsp3) is 0.955. The van der Waals surface area contributed by atoms with Gasteiger partial charge < -0.3 is 9.47 Å². The summed E-state index contributed by atoms with van der Waals surface area (Å²) in [6.45, 7) is 8.57. The fourth-order valence-corrected chi connectivity index (χ4v) is 8.17. The lowest BCUT2D eigenvalue weighted by Gasteiger charge is -2.60. The Bertz CT molecular complexity index is 580. The molecule has 25 heavy (non-hydrogen) atoms. The predicted molar refractivity (Wildman–Crippen MR) is 95.9 cm³/mol. The van der Waals surface area contributed by atoms with Gasteiger partial charge in [0.2, 0.25) is 0 Å². The maximum Gasteiger partial charge on any atom is 0.174 e. The molecule has 4 aliphatic carbocycles. The zero-order chi connectivity index (χ0) is 17.4. The molecule has 0 aromatic rings. The smallest absolute Gasteiger partial charge is 0.174 e. The Morgan fingerprint density at radius 2 is 1.76 bits per heavy atom. The summed E-state index contributed by atoms with van der Waals surface area (Å²) in [6, 6.07) is 0. The van der Waals surface area contributed by atoms with Crippen molar-refractivity contribution >= 4 is 5.78 Å². The summed E-state index contributed by atoms with van der Waals surface area (Å²) in [5.41, 5.74) is 0.147. The highest BCUT2D eigenvalue weighted by Gasteiger charge is 2.69. The maximum absolute atomic E-state index is 13.5. The van der Waals surface area contributed by atoms with Crippen LogP contribution in [-0.2, 0) is 14.3 Å². The molecule has 0 bridgehead atoms. The molecule has 140 valence electrons. The van der Waals surface area contributed by atoms with Crippen LogP contribution < -0.4 is 0 Å². The number of fused-ring (bicyclic) bond motifs is 6. The molecule has 0 N–H and O–H groups in total. The topological polar surface area (TPSA) is 35.5 Å². The lowest BCUT2D eigenvalue weighted by molar-refractivity contribution is -0.242. The molecule has 1 saturated heterocycles. The molecular weight excluding hydrogens is 312 g/mol. The molecule has 3 unspecified atom stereocenters. The van der Waals surface area contributed by atoms with Crippen molar-refractivity contribution in [3.8, 4) is 0 Å². The van der Waals surface area contributed by atoms with Crippen LogP contribution in [0.1, 0.15) is 72.1 Å². The lowest BCUT2D eigenvalue weighted by Crippen LogP contribution is -2.60. The van der Waals surface area contributed by atoms with Crippen LogP contribution in [-0.4, -0.2) is 24.8 Å². The molecule has 5 fully saturated rings. The third-order valence-corrected chi connectivity index (χ3v) is 9.41. The molecule has 3 heteroatoms. The summed E-state index contributed by atoms with van der Waals surface area (Å²) < 4.78 is 12.3. The largest absolute Gasteiger partial charge is 0.347 e. The van der Waals surface area contributed by atoms with Crippen molar-refractivity contribution in [3.63, 3.8) is 0 Å². The molecule has 5 aliphatic rings. The van der Waals surface area contributed by atoms with Crippen molar-refractivity contribution in [2.75, 3.05) is 13.2 Å². The SMILES string of the molecule is C[C@@H]1CC[C@]2(C)C3C(=O)C[C@@]4(C)C(CCC45OCCO5)C3CC[C@@H]2C1. The van der Waals surface area contributed by atoms with Crippen LogP contribution in [0.3, 0.4) is 0 Å². The van der Waals surface area contributed by atoms with Crippen LogP contribution >= 0.6 is 0 Å². The van der Waals surface area contributed by atoms with Crippen molar-refractivity contribution in [2.24, 2.45) is 40.4 Å². The average molecular weight is 347 g/mol. The van der Waals surface area contributed by atoms with E-state index in [0.717, 1.165) is 18.3 Å². The monoisotopic (exact) mass is 346 g/mol. The van der Waals surface area contributed by atoms with Crippen LogP contribution in [0.15, 0.2) is 0 Å². The Morgan fingerprint density at radius 3 is 2.52 bits per heavy atom. The molecular formula is C22H34O3. The summed E-state index contributed by atoms with van der Waals surface area (Å²) in [5.74, 6) is 3.14. The van der Waals surface area contributed by atoms with E-state index in [1.165, 1.54) is 38.5 Å². The highest BCUT2D eigenvalue weighted by molar-refractivity contribution is 5.84. The van der Waals surface area contributed by atoms with Gasteiger partial charge in [0.05, 0.1) is 13.2 Å². The van der Waals surface area contributed by atoms with Crippen LogP contribution in [0, 0.1) is 40.4 Å². The molecule has 4 saturated carbocycles. The first-order valence-electron chi connectivity index (χ1n) is 10.7. The van der Waals surface area contributed by atoms with Gasteiger partial charge in [-0.1, -0.05) is 27.2 Å². The van der Waals surface area contributed by atoms with Crippen molar-refractivity contribution < 1.29 is 14.3 Å². The normalized spacial score (nSPS) is 54.2. The lowest BCUT2D eigenvalue weighted by atomic mass is 9.44. The fourth-order valence-electron chi connectivity index (χ4n) is 8.17. The summed E-state index contributed by atoms with van der Waals surface area (Å²) in [7, 11) is 0. The standard InChI is InChI=1S/C22H34O3/c1-14-6-8-20(2)15(12-14)4-5-16-17-7-9-22(24-10-11-25-22)21(17,3)13-18(23)19(16)20/h14-17,19H,4-13H2,1-3H3/t14-,15-,16?,17?,19?,20+,21+/m1/s1. The summed E-state index contributed by atoms with van der Waals surface area (Å²) in [4.78, 5) is 13.5. The second-order valence-corrected chi connectivity index (χ2v) is 10.5. The zero-order valence-corrected chi connectivity index (χ0v) is 16.2. The van der Waals surface area contributed by atoms with E-state index < -0.39 is 5.79 Å². The zero-order valence-electron chi connectivity index (χ0n) is 16.2. The molecule has 1 spiro atoms. The van der Waals surface area contributed by atoms with Gasteiger partial charge in [-0.2, -0.15) is 0 Å². The van der Waals surface area contributed by atoms with Gasteiger partial charge in [-0.25, -0.2) is 0 Å². The van der Waals surface area contributed by atoms with Crippen molar-refractivity contribution in [1.82, 2.24) is 0 Å². The van der Waals surface area contributed by atoms with E-state index in [1.807, 2.05) is 0 Å². The van der Waals surface area contributed by atoms with E-state index >= 15 is 0 Å². The third-order valence-electron chi connectivity index (χ3n) is 9.41. The first-order chi connectivity index (χ1) is 11.9. The molecule has 1 aliphatic heterocycles. The van der Waals surface area contributed by atoms with Gasteiger partial charge in [-0.15, -0.1) is 0 Å². The molecule has 0 amide bonds. The van der Waals surface area contributed by atoms with Gasteiger partial charge in [0.15, 0.2) is 5.79 Å². The Morgan fingerprint density at radius 1 is 1.00 bits per heavy atom. The summed E-state index contributed by atoms with van der Waals surface area (Å²) in [6.07, 6.45) is 9.33. The van der Waals surface area contributed by atoms with E-state index in [1.54, 1.807) is 0 Å².